The minimum absolute atomic E-state index is 0.109. The van der Waals surface area contributed by atoms with Crippen LogP contribution in [0.5, 0.6) is 5.88 Å². The molecule has 1 aromatic heterocycles. The minimum Gasteiger partial charge on any atom is -0.469 e. The second-order valence-electron chi connectivity index (χ2n) is 3.30. The SMILES string of the molecule is COC(=O)Cc1nc(OC(F)(F)F)c([N+](=O)[O-])cc1I. The molecule has 0 fully saturated rings. The van der Waals surface area contributed by atoms with Crippen LogP contribution in [-0.4, -0.2) is 29.3 Å². The molecule has 0 saturated heterocycles. The molecule has 0 N–H and O–H groups in total. The quantitative estimate of drug-likeness (QED) is 0.330. The van der Waals surface area contributed by atoms with Gasteiger partial charge in [-0.15, -0.1) is 13.2 Å². The molecule has 0 aliphatic rings. The number of halogens is 4. The fraction of sp³-hybridized carbons (Fsp3) is 0.333. The number of aromatic nitrogens is 1. The lowest BCUT2D eigenvalue weighted by molar-refractivity contribution is -0.389. The Morgan fingerprint density at radius 3 is 2.60 bits per heavy atom. The molecule has 20 heavy (non-hydrogen) atoms. The van der Waals surface area contributed by atoms with Gasteiger partial charge in [0.1, 0.15) is 0 Å². The number of rotatable bonds is 4. The summed E-state index contributed by atoms with van der Waals surface area (Å²) in [6.07, 6.45) is -5.56. The summed E-state index contributed by atoms with van der Waals surface area (Å²) >= 11 is 1.61. The smallest absolute Gasteiger partial charge is 0.469 e. The fourth-order valence-corrected chi connectivity index (χ4v) is 1.75. The molecule has 0 amide bonds. The van der Waals surface area contributed by atoms with E-state index >= 15 is 0 Å². The van der Waals surface area contributed by atoms with Crippen molar-refractivity contribution in [2.45, 2.75) is 12.8 Å². The van der Waals surface area contributed by atoms with E-state index in [9.17, 15) is 28.1 Å². The van der Waals surface area contributed by atoms with Gasteiger partial charge >= 0.3 is 23.9 Å². The highest BCUT2D eigenvalue weighted by Crippen LogP contribution is 2.32. The first kappa shape index (κ1) is 16.4. The maximum atomic E-state index is 12.2. The Morgan fingerprint density at radius 1 is 1.55 bits per heavy atom. The lowest BCUT2D eigenvalue weighted by Crippen LogP contribution is -2.20. The molecule has 1 rings (SSSR count). The van der Waals surface area contributed by atoms with E-state index in [1.165, 1.54) is 0 Å². The Kier molecular flexibility index (Phi) is 5.08. The molecule has 11 heteroatoms. The van der Waals surface area contributed by atoms with Crippen LogP contribution in [0.25, 0.3) is 0 Å². The van der Waals surface area contributed by atoms with Gasteiger partial charge in [0.2, 0.25) is 0 Å². The molecule has 7 nitrogen and oxygen atoms in total. The van der Waals surface area contributed by atoms with Gasteiger partial charge in [0.25, 0.3) is 0 Å². The molecule has 0 atom stereocenters. The van der Waals surface area contributed by atoms with Crippen molar-refractivity contribution in [1.29, 1.82) is 0 Å². The van der Waals surface area contributed by atoms with Gasteiger partial charge in [-0.3, -0.25) is 14.9 Å². The third kappa shape index (κ3) is 4.47. The first-order valence-electron chi connectivity index (χ1n) is 4.80. The third-order valence-electron chi connectivity index (χ3n) is 1.94. The van der Waals surface area contributed by atoms with Crippen molar-refractivity contribution in [2.24, 2.45) is 0 Å². The molecule has 1 heterocycles. The summed E-state index contributed by atoms with van der Waals surface area (Å²) in [5.41, 5.74) is -1.05. The Morgan fingerprint density at radius 2 is 2.15 bits per heavy atom. The van der Waals surface area contributed by atoms with Crippen LogP contribution in [0.15, 0.2) is 6.07 Å². The second kappa shape index (κ2) is 6.19. The molecule has 0 aliphatic carbocycles. The lowest BCUT2D eigenvalue weighted by atomic mass is 10.2. The predicted molar refractivity (Wildman–Crippen MR) is 66.0 cm³/mol. The number of ether oxygens (including phenoxy) is 2. The van der Waals surface area contributed by atoms with E-state index in [0.717, 1.165) is 13.2 Å². The first-order chi connectivity index (χ1) is 9.14. The maximum absolute atomic E-state index is 12.2. The van der Waals surface area contributed by atoms with Crippen LogP contribution in [0.4, 0.5) is 18.9 Å². The normalized spacial score (nSPS) is 11.1. The van der Waals surface area contributed by atoms with Crippen molar-refractivity contribution in [1.82, 2.24) is 4.98 Å². The Labute approximate surface area is 123 Å². The van der Waals surface area contributed by atoms with E-state index in [-0.39, 0.29) is 9.26 Å². The average molecular weight is 406 g/mol. The second-order valence-corrected chi connectivity index (χ2v) is 4.46. The van der Waals surface area contributed by atoms with Gasteiger partial charge < -0.3 is 9.47 Å². The summed E-state index contributed by atoms with van der Waals surface area (Å²) in [6, 6.07) is 0.840. The zero-order chi connectivity index (χ0) is 15.5. The van der Waals surface area contributed by atoms with Crippen LogP contribution in [0, 0.1) is 13.7 Å². The largest absolute Gasteiger partial charge is 0.574 e. The molecule has 1 aromatic rings. The van der Waals surface area contributed by atoms with E-state index in [1.807, 2.05) is 0 Å². The number of hydrogen-bond donors (Lipinski definition) is 0. The highest BCUT2D eigenvalue weighted by atomic mass is 127. The summed E-state index contributed by atoms with van der Waals surface area (Å²) < 4.78 is 44.5. The number of nitrogens with zero attached hydrogens (tertiary/aromatic N) is 2. The Hall–Kier alpha value is -1.66. The van der Waals surface area contributed by atoms with Crippen LogP contribution < -0.4 is 4.74 Å². The van der Waals surface area contributed by atoms with Crippen molar-refractivity contribution >= 4 is 34.2 Å². The Bertz CT molecular complexity index is 549. The van der Waals surface area contributed by atoms with E-state index in [0.29, 0.717) is 0 Å². The number of nitro groups is 1. The van der Waals surface area contributed by atoms with Crippen molar-refractivity contribution in [2.75, 3.05) is 7.11 Å². The topological polar surface area (TPSA) is 91.6 Å². The molecule has 0 radical (unpaired) electrons. The number of carbonyl (C=O) groups excluding carboxylic acids is 1. The zero-order valence-electron chi connectivity index (χ0n) is 9.73. The first-order valence-corrected chi connectivity index (χ1v) is 5.88. The molecule has 0 saturated carbocycles. The molecule has 0 unspecified atom stereocenters. The fourth-order valence-electron chi connectivity index (χ4n) is 1.15. The van der Waals surface area contributed by atoms with Gasteiger partial charge in [0, 0.05) is 9.64 Å². The average Bonchev–Trinajstić information content (AvgIpc) is 2.30. The van der Waals surface area contributed by atoms with Gasteiger partial charge in [-0.05, 0) is 22.6 Å². The standard InChI is InChI=1S/C9H6F3IN2O5/c1-19-7(16)3-5-4(13)2-6(15(17)18)8(14-5)20-9(10,11)12/h2H,3H2,1H3. The van der Waals surface area contributed by atoms with Gasteiger partial charge in [-0.1, -0.05) is 0 Å². The minimum atomic E-state index is -5.13. The monoisotopic (exact) mass is 406 g/mol. The van der Waals surface area contributed by atoms with E-state index < -0.39 is 35.2 Å². The van der Waals surface area contributed by atoms with Gasteiger partial charge in [-0.25, -0.2) is 4.98 Å². The number of pyridine rings is 1. The highest BCUT2D eigenvalue weighted by Gasteiger charge is 2.36. The number of carbonyl (C=O) groups is 1. The summed E-state index contributed by atoms with van der Waals surface area (Å²) in [7, 11) is 1.09. The van der Waals surface area contributed by atoms with Crippen molar-refractivity contribution in [3.63, 3.8) is 0 Å². The molecular formula is C9H6F3IN2O5. The number of esters is 1. The van der Waals surface area contributed by atoms with E-state index in [4.69, 9.17) is 0 Å². The predicted octanol–water partition coefficient (Wildman–Crippen LogP) is 2.21. The molecule has 0 aliphatic heterocycles. The molecule has 110 valence electrons. The zero-order valence-corrected chi connectivity index (χ0v) is 11.9. The number of methoxy groups -OCH3 is 1. The number of hydrogen-bond acceptors (Lipinski definition) is 6. The lowest BCUT2D eigenvalue weighted by Gasteiger charge is -2.10. The number of alkyl halides is 3. The Balaban J connectivity index is 3.27. The van der Waals surface area contributed by atoms with Crippen molar-refractivity contribution in [3.8, 4) is 5.88 Å². The van der Waals surface area contributed by atoms with Crippen LogP contribution in [0.2, 0.25) is 0 Å². The van der Waals surface area contributed by atoms with Crippen molar-refractivity contribution < 1.29 is 32.4 Å². The van der Waals surface area contributed by atoms with Gasteiger partial charge in [0.05, 0.1) is 24.1 Å². The van der Waals surface area contributed by atoms with E-state index in [1.54, 1.807) is 22.6 Å². The molecular weight excluding hydrogens is 400 g/mol. The summed E-state index contributed by atoms with van der Waals surface area (Å²) in [4.78, 5) is 24.1. The summed E-state index contributed by atoms with van der Waals surface area (Å²) in [5, 5.41) is 10.7. The van der Waals surface area contributed by atoms with E-state index in [2.05, 4.69) is 14.5 Å². The van der Waals surface area contributed by atoms with Gasteiger partial charge in [-0.2, -0.15) is 0 Å². The molecule has 0 spiro atoms. The molecule has 0 aromatic carbocycles. The highest BCUT2D eigenvalue weighted by molar-refractivity contribution is 14.1. The van der Waals surface area contributed by atoms with Crippen LogP contribution in [0.3, 0.4) is 0 Å². The summed E-state index contributed by atoms with van der Waals surface area (Å²) in [5.74, 6) is -1.97. The van der Waals surface area contributed by atoms with Crippen LogP contribution in [0.1, 0.15) is 5.69 Å². The van der Waals surface area contributed by atoms with Crippen molar-refractivity contribution in [3.05, 3.63) is 25.4 Å². The van der Waals surface area contributed by atoms with Crippen LogP contribution >= 0.6 is 22.6 Å². The molecule has 0 bridgehead atoms. The summed E-state index contributed by atoms with van der Waals surface area (Å²) in [6.45, 7) is 0. The van der Waals surface area contributed by atoms with Crippen LogP contribution in [-0.2, 0) is 16.0 Å². The van der Waals surface area contributed by atoms with Gasteiger partial charge in [0.15, 0.2) is 0 Å². The maximum Gasteiger partial charge on any atom is 0.574 e. The third-order valence-corrected chi connectivity index (χ3v) is 2.88.